The highest BCUT2D eigenvalue weighted by Gasteiger charge is 2.13. The van der Waals surface area contributed by atoms with Crippen molar-refractivity contribution in [2.45, 2.75) is 45.7 Å². The molecule has 1 atom stereocenters. The van der Waals surface area contributed by atoms with Crippen molar-refractivity contribution in [3.8, 4) is 5.75 Å². The van der Waals surface area contributed by atoms with Gasteiger partial charge in [-0.1, -0.05) is 32.0 Å². The molecule has 1 amide bonds. The summed E-state index contributed by atoms with van der Waals surface area (Å²) < 4.78 is 5.31. The van der Waals surface area contributed by atoms with Crippen molar-refractivity contribution in [1.29, 1.82) is 0 Å². The predicted molar refractivity (Wildman–Crippen MR) is 81.9 cm³/mol. The summed E-state index contributed by atoms with van der Waals surface area (Å²) in [6.07, 6.45) is 1.39. The summed E-state index contributed by atoms with van der Waals surface area (Å²) in [4.78, 5) is 11.9. The van der Waals surface area contributed by atoms with Crippen molar-refractivity contribution >= 4 is 5.91 Å². The largest absolute Gasteiger partial charge is 0.496 e. The molecule has 0 fully saturated rings. The quantitative estimate of drug-likeness (QED) is 0.719. The molecule has 1 rings (SSSR count). The lowest BCUT2D eigenvalue weighted by atomic mass is 10.1. The van der Waals surface area contributed by atoms with Gasteiger partial charge in [-0.05, 0) is 26.0 Å². The van der Waals surface area contributed by atoms with Gasteiger partial charge in [0.05, 0.1) is 13.2 Å². The minimum absolute atomic E-state index is 0.0447. The van der Waals surface area contributed by atoms with E-state index >= 15 is 0 Å². The number of carbonyl (C=O) groups excluding carboxylic acids is 1. The first-order chi connectivity index (χ1) is 9.54. The summed E-state index contributed by atoms with van der Waals surface area (Å²) in [5, 5.41) is 6.32. The first-order valence-electron chi connectivity index (χ1n) is 7.20. The summed E-state index contributed by atoms with van der Waals surface area (Å²) in [6.45, 7) is 7.05. The van der Waals surface area contributed by atoms with Crippen LogP contribution in [0.15, 0.2) is 24.3 Å². The average molecular weight is 278 g/mol. The Bertz CT molecular complexity index is 419. The lowest BCUT2D eigenvalue weighted by Crippen LogP contribution is -2.29. The number of hydrogen-bond acceptors (Lipinski definition) is 3. The highest BCUT2D eigenvalue weighted by atomic mass is 16.5. The van der Waals surface area contributed by atoms with Gasteiger partial charge in [0.1, 0.15) is 5.75 Å². The average Bonchev–Trinajstić information content (AvgIpc) is 2.43. The summed E-state index contributed by atoms with van der Waals surface area (Å²) in [7, 11) is 1.64. The lowest BCUT2D eigenvalue weighted by molar-refractivity contribution is -0.121. The number of carbonyl (C=O) groups is 1. The Hall–Kier alpha value is -1.55. The predicted octanol–water partition coefficient (Wildman–Crippen LogP) is 2.65. The molecule has 0 radical (unpaired) electrons. The Morgan fingerprint density at radius 2 is 1.95 bits per heavy atom. The lowest BCUT2D eigenvalue weighted by Gasteiger charge is -2.17. The molecule has 0 aliphatic rings. The van der Waals surface area contributed by atoms with Gasteiger partial charge in [0.15, 0.2) is 0 Å². The third-order valence-corrected chi connectivity index (χ3v) is 3.12. The molecule has 0 aliphatic carbocycles. The van der Waals surface area contributed by atoms with Crippen molar-refractivity contribution in [2.24, 2.45) is 0 Å². The van der Waals surface area contributed by atoms with Crippen LogP contribution in [0.2, 0.25) is 0 Å². The van der Waals surface area contributed by atoms with Gasteiger partial charge >= 0.3 is 0 Å². The van der Waals surface area contributed by atoms with Crippen LogP contribution in [0, 0.1) is 0 Å². The van der Waals surface area contributed by atoms with E-state index in [4.69, 9.17) is 4.74 Å². The molecule has 1 aromatic carbocycles. The molecule has 112 valence electrons. The fraction of sp³-hybridized carbons (Fsp3) is 0.562. The van der Waals surface area contributed by atoms with Gasteiger partial charge < -0.3 is 15.4 Å². The molecular weight excluding hydrogens is 252 g/mol. The van der Waals surface area contributed by atoms with Crippen molar-refractivity contribution in [3.05, 3.63) is 29.8 Å². The molecule has 0 saturated carbocycles. The third-order valence-electron chi connectivity index (χ3n) is 3.12. The molecule has 0 heterocycles. The first kappa shape index (κ1) is 16.5. The monoisotopic (exact) mass is 278 g/mol. The molecular formula is C16H26N2O2. The van der Waals surface area contributed by atoms with E-state index in [9.17, 15) is 4.79 Å². The number of hydrogen-bond donors (Lipinski definition) is 2. The molecule has 0 unspecified atom stereocenters. The van der Waals surface area contributed by atoms with Gasteiger partial charge in [-0.25, -0.2) is 0 Å². The smallest absolute Gasteiger partial charge is 0.220 e. The number of benzene rings is 1. The second kappa shape index (κ2) is 8.59. The first-order valence-corrected chi connectivity index (χ1v) is 7.20. The van der Waals surface area contributed by atoms with Crippen LogP contribution in [0.3, 0.4) is 0 Å². The molecule has 0 aliphatic heterocycles. The maximum Gasteiger partial charge on any atom is 0.220 e. The topological polar surface area (TPSA) is 50.4 Å². The maximum atomic E-state index is 11.9. The number of ether oxygens (including phenoxy) is 1. The van der Waals surface area contributed by atoms with Crippen molar-refractivity contribution in [3.63, 3.8) is 0 Å². The number of para-hydroxylation sites is 1. The zero-order valence-corrected chi connectivity index (χ0v) is 12.9. The van der Waals surface area contributed by atoms with Gasteiger partial charge in [-0.3, -0.25) is 4.79 Å². The van der Waals surface area contributed by atoms with Crippen LogP contribution in [-0.4, -0.2) is 25.6 Å². The number of amides is 1. The van der Waals surface area contributed by atoms with Crippen LogP contribution in [0.5, 0.6) is 5.75 Å². The van der Waals surface area contributed by atoms with Crippen LogP contribution in [0.4, 0.5) is 0 Å². The SMILES string of the molecule is COc1ccccc1[C@H](C)NC(=O)CCCNC(C)C. The molecule has 4 nitrogen and oxygen atoms in total. The van der Waals surface area contributed by atoms with E-state index in [0.29, 0.717) is 12.5 Å². The highest BCUT2D eigenvalue weighted by Crippen LogP contribution is 2.24. The summed E-state index contributed by atoms with van der Waals surface area (Å²) in [5.74, 6) is 0.885. The molecule has 1 aromatic rings. The molecule has 0 saturated heterocycles. The van der Waals surface area contributed by atoms with E-state index in [2.05, 4.69) is 24.5 Å². The van der Waals surface area contributed by atoms with Crippen LogP contribution in [-0.2, 0) is 4.79 Å². The van der Waals surface area contributed by atoms with Crippen molar-refractivity contribution in [1.82, 2.24) is 10.6 Å². The Morgan fingerprint density at radius 3 is 2.60 bits per heavy atom. The fourth-order valence-electron chi connectivity index (χ4n) is 2.06. The third kappa shape index (κ3) is 5.61. The summed E-state index contributed by atoms with van der Waals surface area (Å²) in [5.41, 5.74) is 1.00. The van der Waals surface area contributed by atoms with Crippen LogP contribution in [0.25, 0.3) is 0 Å². The number of methoxy groups -OCH3 is 1. The van der Waals surface area contributed by atoms with E-state index in [1.54, 1.807) is 7.11 Å². The fourth-order valence-corrected chi connectivity index (χ4v) is 2.06. The molecule has 2 N–H and O–H groups in total. The molecule has 0 aromatic heterocycles. The van der Waals surface area contributed by atoms with E-state index in [-0.39, 0.29) is 11.9 Å². The highest BCUT2D eigenvalue weighted by molar-refractivity contribution is 5.76. The van der Waals surface area contributed by atoms with Gasteiger partial charge in [-0.2, -0.15) is 0 Å². The minimum atomic E-state index is -0.0447. The van der Waals surface area contributed by atoms with E-state index in [0.717, 1.165) is 24.3 Å². The standard InChI is InChI=1S/C16H26N2O2/c1-12(2)17-11-7-10-16(19)18-13(3)14-8-5-6-9-15(14)20-4/h5-6,8-9,12-13,17H,7,10-11H2,1-4H3,(H,18,19)/t13-/m0/s1. The van der Waals surface area contributed by atoms with Crippen LogP contribution >= 0.6 is 0 Å². The molecule has 0 bridgehead atoms. The maximum absolute atomic E-state index is 11.9. The second-order valence-electron chi connectivity index (χ2n) is 5.24. The van der Waals surface area contributed by atoms with E-state index in [1.165, 1.54) is 0 Å². The molecule has 4 heteroatoms. The number of rotatable bonds is 8. The van der Waals surface area contributed by atoms with Gasteiger partial charge in [0, 0.05) is 18.0 Å². The Labute approximate surface area is 121 Å². The van der Waals surface area contributed by atoms with E-state index in [1.807, 2.05) is 31.2 Å². The number of nitrogens with one attached hydrogen (secondary N) is 2. The summed E-state index contributed by atoms with van der Waals surface area (Å²) >= 11 is 0. The molecule has 20 heavy (non-hydrogen) atoms. The normalized spacial score (nSPS) is 12.2. The van der Waals surface area contributed by atoms with Crippen molar-refractivity contribution < 1.29 is 9.53 Å². The van der Waals surface area contributed by atoms with Gasteiger partial charge in [-0.15, -0.1) is 0 Å². The zero-order chi connectivity index (χ0) is 15.0. The van der Waals surface area contributed by atoms with E-state index < -0.39 is 0 Å². The van der Waals surface area contributed by atoms with Crippen molar-refractivity contribution in [2.75, 3.05) is 13.7 Å². The minimum Gasteiger partial charge on any atom is -0.496 e. The van der Waals surface area contributed by atoms with Gasteiger partial charge in [0.25, 0.3) is 0 Å². The van der Waals surface area contributed by atoms with Crippen LogP contribution < -0.4 is 15.4 Å². The Kier molecular flexibility index (Phi) is 7.09. The second-order valence-corrected chi connectivity index (χ2v) is 5.24. The Balaban J connectivity index is 2.41. The Morgan fingerprint density at radius 1 is 1.25 bits per heavy atom. The summed E-state index contributed by atoms with van der Waals surface area (Å²) in [6, 6.07) is 8.18. The van der Waals surface area contributed by atoms with Gasteiger partial charge in [0.2, 0.25) is 5.91 Å². The zero-order valence-electron chi connectivity index (χ0n) is 12.9. The van der Waals surface area contributed by atoms with Crippen LogP contribution in [0.1, 0.15) is 45.2 Å². The molecule has 0 spiro atoms.